The Bertz CT molecular complexity index is 1090. The zero-order valence-electron chi connectivity index (χ0n) is 17.6. The average Bonchev–Trinajstić information content (AvgIpc) is 2.80. The third-order valence-corrected chi connectivity index (χ3v) is 5.19. The number of aryl methyl sites for hydroxylation is 1. The summed E-state index contributed by atoms with van der Waals surface area (Å²) in [5, 5.41) is 9.36. The van der Waals surface area contributed by atoms with Crippen molar-refractivity contribution in [1.82, 2.24) is 19.9 Å². The van der Waals surface area contributed by atoms with Gasteiger partial charge in [-0.3, -0.25) is 0 Å². The molecule has 1 fully saturated rings. The SMILES string of the molecule is Cc1nc(Oc2cc(C#N)ccc2-c2ncc(CCN)cn2)cc(N2CCCCC2)n1. The van der Waals surface area contributed by atoms with Crippen molar-refractivity contribution >= 4 is 5.82 Å². The van der Waals surface area contributed by atoms with Crippen molar-refractivity contribution in [1.29, 1.82) is 5.26 Å². The molecule has 0 aliphatic carbocycles. The summed E-state index contributed by atoms with van der Waals surface area (Å²) >= 11 is 0. The molecular formula is C23H25N7O. The molecule has 1 aliphatic rings. The first-order valence-corrected chi connectivity index (χ1v) is 10.5. The van der Waals surface area contributed by atoms with Gasteiger partial charge in [0.25, 0.3) is 0 Å². The minimum atomic E-state index is 0.434. The van der Waals surface area contributed by atoms with E-state index in [9.17, 15) is 5.26 Å². The number of rotatable bonds is 6. The molecule has 8 heteroatoms. The van der Waals surface area contributed by atoms with Crippen LogP contribution in [-0.2, 0) is 6.42 Å². The van der Waals surface area contributed by atoms with E-state index in [2.05, 4.69) is 30.9 Å². The largest absolute Gasteiger partial charge is 0.438 e. The molecule has 8 nitrogen and oxygen atoms in total. The molecule has 1 saturated heterocycles. The van der Waals surface area contributed by atoms with Gasteiger partial charge in [-0.15, -0.1) is 0 Å². The Morgan fingerprint density at radius 2 is 1.87 bits per heavy atom. The Balaban J connectivity index is 1.67. The van der Waals surface area contributed by atoms with E-state index in [1.54, 1.807) is 30.6 Å². The summed E-state index contributed by atoms with van der Waals surface area (Å²) < 4.78 is 6.17. The molecule has 0 amide bonds. The summed E-state index contributed by atoms with van der Waals surface area (Å²) in [5.74, 6) is 2.93. The maximum absolute atomic E-state index is 9.36. The van der Waals surface area contributed by atoms with Crippen molar-refractivity contribution in [2.75, 3.05) is 24.5 Å². The van der Waals surface area contributed by atoms with Gasteiger partial charge in [0, 0.05) is 31.5 Å². The molecule has 3 aromatic rings. The molecule has 2 aromatic heterocycles. The van der Waals surface area contributed by atoms with E-state index < -0.39 is 0 Å². The third-order valence-electron chi connectivity index (χ3n) is 5.19. The lowest BCUT2D eigenvalue weighted by atomic mass is 10.1. The van der Waals surface area contributed by atoms with Crippen molar-refractivity contribution in [2.24, 2.45) is 5.73 Å². The quantitative estimate of drug-likeness (QED) is 0.651. The summed E-state index contributed by atoms with van der Waals surface area (Å²) in [6.45, 7) is 4.36. The van der Waals surface area contributed by atoms with Crippen LogP contribution in [0.2, 0.25) is 0 Å². The van der Waals surface area contributed by atoms with E-state index in [1.807, 2.05) is 13.0 Å². The Hall–Kier alpha value is -3.57. The van der Waals surface area contributed by atoms with E-state index in [0.717, 1.165) is 43.7 Å². The second-order valence-electron chi connectivity index (χ2n) is 7.54. The topological polar surface area (TPSA) is 114 Å². The highest BCUT2D eigenvalue weighted by atomic mass is 16.5. The van der Waals surface area contributed by atoms with Crippen molar-refractivity contribution in [2.45, 2.75) is 32.6 Å². The number of hydrogen-bond acceptors (Lipinski definition) is 8. The predicted molar refractivity (Wildman–Crippen MR) is 118 cm³/mol. The molecule has 0 spiro atoms. The summed E-state index contributed by atoms with van der Waals surface area (Å²) in [4.78, 5) is 20.2. The molecule has 31 heavy (non-hydrogen) atoms. The molecule has 0 radical (unpaired) electrons. The second kappa shape index (κ2) is 9.49. The van der Waals surface area contributed by atoms with Gasteiger partial charge in [0.15, 0.2) is 5.82 Å². The van der Waals surface area contributed by atoms with Crippen LogP contribution in [0, 0.1) is 18.3 Å². The van der Waals surface area contributed by atoms with Crippen LogP contribution in [0.5, 0.6) is 11.6 Å². The molecule has 0 atom stereocenters. The Morgan fingerprint density at radius 3 is 2.58 bits per heavy atom. The number of piperidine rings is 1. The first kappa shape index (κ1) is 20.7. The fourth-order valence-electron chi connectivity index (χ4n) is 3.63. The summed E-state index contributed by atoms with van der Waals surface area (Å²) in [7, 11) is 0. The highest BCUT2D eigenvalue weighted by molar-refractivity contribution is 5.66. The Morgan fingerprint density at radius 1 is 1.10 bits per heavy atom. The molecule has 4 rings (SSSR count). The molecule has 0 saturated carbocycles. The van der Waals surface area contributed by atoms with Crippen molar-refractivity contribution in [3.05, 3.63) is 53.6 Å². The number of benzene rings is 1. The van der Waals surface area contributed by atoms with Gasteiger partial charge in [0.05, 0.1) is 17.2 Å². The first-order chi connectivity index (χ1) is 15.2. The van der Waals surface area contributed by atoms with Crippen LogP contribution in [0.4, 0.5) is 5.82 Å². The molecule has 1 aliphatic heterocycles. The van der Waals surface area contributed by atoms with Gasteiger partial charge in [0.1, 0.15) is 17.4 Å². The summed E-state index contributed by atoms with van der Waals surface area (Å²) in [6, 6.07) is 9.22. The number of anilines is 1. The second-order valence-corrected chi connectivity index (χ2v) is 7.54. The molecule has 0 bridgehead atoms. The van der Waals surface area contributed by atoms with Crippen LogP contribution < -0.4 is 15.4 Å². The third kappa shape index (κ3) is 4.95. The minimum absolute atomic E-state index is 0.434. The maximum atomic E-state index is 9.36. The lowest BCUT2D eigenvalue weighted by molar-refractivity contribution is 0.460. The van der Waals surface area contributed by atoms with Gasteiger partial charge in [-0.25, -0.2) is 15.0 Å². The fraction of sp³-hybridized carbons (Fsp3) is 0.348. The van der Waals surface area contributed by atoms with Crippen molar-refractivity contribution in [3.63, 3.8) is 0 Å². The van der Waals surface area contributed by atoms with Gasteiger partial charge in [-0.1, -0.05) is 0 Å². The van der Waals surface area contributed by atoms with Crippen LogP contribution in [0.25, 0.3) is 11.4 Å². The van der Waals surface area contributed by atoms with Crippen LogP contribution in [0.1, 0.15) is 36.2 Å². The highest BCUT2D eigenvalue weighted by Crippen LogP contribution is 2.33. The number of hydrogen-bond donors (Lipinski definition) is 1. The minimum Gasteiger partial charge on any atom is -0.438 e. The highest BCUT2D eigenvalue weighted by Gasteiger charge is 2.17. The van der Waals surface area contributed by atoms with Gasteiger partial charge in [0.2, 0.25) is 5.88 Å². The van der Waals surface area contributed by atoms with Crippen molar-refractivity contribution < 1.29 is 4.74 Å². The van der Waals surface area contributed by atoms with E-state index in [-0.39, 0.29) is 0 Å². The molecule has 3 heterocycles. The first-order valence-electron chi connectivity index (χ1n) is 10.5. The zero-order valence-corrected chi connectivity index (χ0v) is 17.6. The molecule has 0 unspecified atom stereocenters. The van der Waals surface area contributed by atoms with E-state index >= 15 is 0 Å². The fourth-order valence-corrected chi connectivity index (χ4v) is 3.63. The summed E-state index contributed by atoms with van der Waals surface area (Å²) in [6.07, 6.45) is 7.81. The van der Waals surface area contributed by atoms with E-state index in [1.165, 1.54) is 6.42 Å². The maximum Gasteiger partial charge on any atom is 0.224 e. The van der Waals surface area contributed by atoms with Gasteiger partial charge in [-0.2, -0.15) is 10.2 Å². The van der Waals surface area contributed by atoms with Crippen LogP contribution in [0.15, 0.2) is 36.7 Å². The molecule has 1 aromatic carbocycles. The van der Waals surface area contributed by atoms with Crippen LogP contribution in [-0.4, -0.2) is 39.6 Å². The normalized spacial score (nSPS) is 13.6. The number of nitrogens with zero attached hydrogens (tertiary/aromatic N) is 6. The zero-order chi connectivity index (χ0) is 21.6. The Kier molecular flexibility index (Phi) is 6.34. The lowest BCUT2D eigenvalue weighted by Crippen LogP contribution is -2.30. The lowest BCUT2D eigenvalue weighted by Gasteiger charge is -2.28. The smallest absolute Gasteiger partial charge is 0.224 e. The number of nitriles is 1. The number of ether oxygens (including phenoxy) is 1. The molecule has 158 valence electrons. The van der Waals surface area contributed by atoms with E-state index in [0.29, 0.717) is 40.9 Å². The standard InChI is InChI=1S/C23H25N7O/c1-16-28-21(30-9-3-2-4-10-30)12-22(29-16)31-20-11-17(13-25)5-6-19(20)23-26-14-18(7-8-24)15-27-23/h5-6,11-12,14-15H,2-4,7-10,24H2,1H3. The van der Waals surface area contributed by atoms with Crippen LogP contribution in [0.3, 0.4) is 0 Å². The van der Waals surface area contributed by atoms with Gasteiger partial charge >= 0.3 is 0 Å². The number of aromatic nitrogens is 4. The molecule has 2 N–H and O–H groups in total. The number of nitrogens with two attached hydrogens (primary N) is 1. The average molecular weight is 416 g/mol. The van der Waals surface area contributed by atoms with Crippen molar-refractivity contribution in [3.8, 4) is 29.1 Å². The summed E-state index contributed by atoms with van der Waals surface area (Å²) in [5.41, 5.74) is 7.76. The van der Waals surface area contributed by atoms with Gasteiger partial charge < -0.3 is 15.4 Å². The van der Waals surface area contributed by atoms with Crippen LogP contribution >= 0.6 is 0 Å². The van der Waals surface area contributed by atoms with E-state index in [4.69, 9.17) is 10.5 Å². The predicted octanol–water partition coefficient (Wildman–Crippen LogP) is 3.40. The molecular weight excluding hydrogens is 390 g/mol. The Labute approximate surface area is 181 Å². The monoisotopic (exact) mass is 415 g/mol. The van der Waals surface area contributed by atoms with Gasteiger partial charge in [-0.05, 0) is 62.9 Å².